The molecule has 1 atom stereocenters. The van der Waals surface area contributed by atoms with Gasteiger partial charge in [0.05, 0.1) is 5.97 Å². The van der Waals surface area contributed by atoms with Crippen LogP contribution in [0.25, 0.3) is 0 Å². The van der Waals surface area contributed by atoms with Gasteiger partial charge in [-0.3, -0.25) is 4.90 Å². The minimum Gasteiger partial charge on any atom is -0.548 e. The number of carbonyl (C=O) groups is 1. The third kappa shape index (κ3) is 29.5. The first-order chi connectivity index (χ1) is 19.2. The van der Waals surface area contributed by atoms with Crippen LogP contribution >= 0.6 is 0 Å². The zero-order valence-corrected chi connectivity index (χ0v) is 28.3. The van der Waals surface area contributed by atoms with E-state index in [0.717, 1.165) is 25.9 Å². The molecule has 0 heterocycles. The summed E-state index contributed by atoms with van der Waals surface area (Å²) < 4.78 is 0. The molecule has 0 bridgehead atoms. The molecule has 0 saturated carbocycles. The quantitative estimate of drug-likeness (QED) is 0.0611. The van der Waals surface area contributed by atoms with E-state index >= 15 is 0 Å². The number of nitrogens with zero attached hydrogens (tertiary/aromatic N) is 1. The van der Waals surface area contributed by atoms with Crippen molar-refractivity contribution in [1.29, 1.82) is 0 Å². The van der Waals surface area contributed by atoms with Crippen molar-refractivity contribution in [1.82, 2.24) is 4.90 Å². The Morgan fingerprint density at radius 2 is 0.675 bits per heavy atom. The average Bonchev–Trinajstić information content (AvgIpc) is 2.93. The molecular weight excluding hydrogens is 485 g/mol. The standard InChI is InChI=1S/C36H73NO2.Li/c1-4-7-9-11-13-15-17-19-21-23-25-27-29-31-33-37(35(6-3)36(38)39)34-32-30-28-26-24-22-20-18-16-14-12-10-8-5-2;/h35H,4-34H2,1-3H3,(H,38,39);/q;+1/p-1. The summed E-state index contributed by atoms with van der Waals surface area (Å²) >= 11 is 0. The second kappa shape index (κ2) is 35.2. The van der Waals surface area contributed by atoms with Crippen LogP contribution in [-0.2, 0) is 4.79 Å². The topological polar surface area (TPSA) is 43.4 Å². The van der Waals surface area contributed by atoms with Crippen LogP contribution in [-0.4, -0.2) is 30.0 Å². The second-order valence-electron chi connectivity index (χ2n) is 12.5. The van der Waals surface area contributed by atoms with Crippen molar-refractivity contribution in [3.8, 4) is 0 Å². The molecule has 0 aromatic rings. The number of rotatable bonds is 33. The third-order valence-corrected chi connectivity index (χ3v) is 8.70. The van der Waals surface area contributed by atoms with E-state index < -0.39 is 12.0 Å². The van der Waals surface area contributed by atoms with Crippen LogP contribution in [0, 0.1) is 0 Å². The predicted octanol–water partition coefficient (Wildman–Crippen LogP) is 7.78. The van der Waals surface area contributed by atoms with Gasteiger partial charge in [-0.05, 0) is 32.4 Å². The van der Waals surface area contributed by atoms with Gasteiger partial charge in [0.25, 0.3) is 0 Å². The summed E-state index contributed by atoms with van der Waals surface area (Å²) in [5, 5.41) is 11.7. The molecule has 0 aromatic heterocycles. The number of carbonyl (C=O) groups excluding carboxylic acids is 1. The first-order valence-electron chi connectivity index (χ1n) is 18.1. The van der Waals surface area contributed by atoms with Crippen LogP contribution in [0.5, 0.6) is 0 Å². The fraction of sp³-hybridized carbons (Fsp3) is 0.972. The Morgan fingerprint density at radius 1 is 0.450 bits per heavy atom. The molecule has 0 fully saturated rings. The smallest absolute Gasteiger partial charge is 0.548 e. The molecule has 0 radical (unpaired) electrons. The molecule has 0 rings (SSSR count). The van der Waals surface area contributed by atoms with Crippen molar-refractivity contribution in [2.45, 2.75) is 213 Å². The van der Waals surface area contributed by atoms with E-state index in [0.29, 0.717) is 6.42 Å². The van der Waals surface area contributed by atoms with Gasteiger partial charge in [0.15, 0.2) is 0 Å². The van der Waals surface area contributed by atoms with Gasteiger partial charge >= 0.3 is 18.9 Å². The molecule has 40 heavy (non-hydrogen) atoms. The summed E-state index contributed by atoms with van der Waals surface area (Å²) in [4.78, 5) is 13.9. The maximum atomic E-state index is 11.7. The monoisotopic (exact) mass is 558 g/mol. The van der Waals surface area contributed by atoms with Crippen molar-refractivity contribution < 1.29 is 28.8 Å². The van der Waals surface area contributed by atoms with Crippen molar-refractivity contribution >= 4 is 5.97 Å². The molecule has 0 aliphatic carbocycles. The van der Waals surface area contributed by atoms with E-state index in [9.17, 15) is 9.90 Å². The predicted molar refractivity (Wildman–Crippen MR) is 171 cm³/mol. The average molecular weight is 558 g/mol. The van der Waals surface area contributed by atoms with Crippen LogP contribution in [0.15, 0.2) is 0 Å². The van der Waals surface area contributed by atoms with E-state index in [2.05, 4.69) is 18.7 Å². The molecule has 0 aliphatic rings. The van der Waals surface area contributed by atoms with Gasteiger partial charge in [-0.1, -0.05) is 188 Å². The largest absolute Gasteiger partial charge is 1.00 e. The van der Waals surface area contributed by atoms with Crippen LogP contribution < -0.4 is 24.0 Å². The molecule has 0 amide bonds. The summed E-state index contributed by atoms with van der Waals surface area (Å²) in [6, 6.07) is -0.408. The fourth-order valence-corrected chi connectivity index (χ4v) is 6.02. The van der Waals surface area contributed by atoms with Crippen LogP contribution in [0.2, 0.25) is 0 Å². The minimum atomic E-state index is -0.881. The third-order valence-electron chi connectivity index (χ3n) is 8.70. The van der Waals surface area contributed by atoms with Crippen molar-refractivity contribution in [3.63, 3.8) is 0 Å². The van der Waals surface area contributed by atoms with Gasteiger partial charge in [-0.25, -0.2) is 0 Å². The van der Waals surface area contributed by atoms with Crippen LogP contribution in [0.3, 0.4) is 0 Å². The van der Waals surface area contributed by atoms with E-state index in [1.807, 2.05) is 6.92 Å². The molecule has 0 aromatic carbocycles. The molecule has 0 aliphatic heterocycles. The number of unbranched alkanes of at least 4 members (excludes halogenated alkanes) is 26. The van der Waals surface area contributed by atoms with Gasteiger partial charge in [0.1, 0.15) is 0 Å². The maximum Gasteiger partial charge on any atom is 1.00 e. The SMILES string of the molecule is CCCCCCCCCCCCCCCCN(CCCCCCCCCCCCCCCC)C(CC)C(=O)[O-].[Li+]. The number of carboxylic acid groups (broad SMARTS) is 1. The number of hydrogen-bond acceptors (Lipinski definition) is 3. The van der Waals surface area contributed by atoms with Gasteiger partial charge in [-0.2, -0.15) is 0 Å². The molecule has 1 unspecified atom stereocenters. The Hall–Kier alpha value is 0.0274. The second-order valence-corrected chi connectivity index (χ2v) is 12.5. The number of hydrogen-bond donors (Lipinski definition) is 0. The molecule has 0 spiro atoms. The van der Waals surface area contributed by atoms with Gasteiger partial charge in [-0.15, -0.1) is 0 Å². The molecule has 0 N–H and O–H groups in total. The van der Waals surface area contributed by atoms with Gasteiger partial charge in [0.2, 0.25) is 0 Å². The molecule has 0 saturated heterocycles. The number of carboxylic acids is 1. The Bertz CT molecular complexity index is 455. The Kier molecular flexibility index (Phi) is 37.1. The summed E-state index contributed by atoms with van der Waals surface area (Å²) in [6.45, 7) is 8.40. The number of aliphatic carboxylic acids is 1. The Labute approximate surface area is 265 Å². The van der Waals surface area contributed by atoms with Crippen molar-refractivity contribution in [2.75, 3.05) is 13.1 Å². The van der Waals surface area contributed by atoms with Crippen molar-refractivity contribution in [3.05, 3.63) is 0 Å². The molecular formula is C36H72LiNO2. The molecule has 234 valence electrons. The molecule has 4 heteroatoms. The maximum absolute atomic E-state index is 11.7. The zero-order chi connectivity index (χ0) is 28.7. The Morgan fingerprint density at radius 3 is 0.875 bits per heavy atom. The minimum absolute atomic E-state index is 0. The summed E-state index contributed by atoms with van der Waals surface area (Å²) in [7, 11) is 0. The van der Waals surface area contributed by atoms with Gasteiger partial charge in [0, 0.05) is 6.04 Å². The first-order valence-corrected chi connectivity index (χ1v) is 18.1. The normalized spacial score (nSPS) is 12.1. The summed E-state index contributed by atoms with van der Waals surface area (Å²) in [5.41, 5.74) is 0. The first kappa shape index (κ1) is 42.2. The summed E-state index contributed by atoms with van der Waals surface area (Å²) in [5.74, 6) is -0.881. The van der Waals surface area contributed by atoms with Crippen molar-refractivity contribution in [2.24, 2.45) is 0 Å². The van der Waals surface area contributed by atoms with E-state index in [1.165, 1.54) is 167 Å². The fourth-order valence-electron chi connectivity index (χ4n) is 6.02. The van der Waals surface area contributed by atoms with E-state index in [-0.39, 0.29) is 18.9 Å². The van der Waals surface area contributed by atoms with E-state index in [1.54, 1.807) is 0 Å². The Balaban J connectivity index is 0. The van der Waals surface area contributed by atoms with Crippen LogP contribution in [0.1, 0.15) is 207 Å². The molecule has 3 nitrogen and oxygen atoms in total. The van der Waals surface area contributed by atoms with Crippen LogP contribution in [0.4, 0.5) is 0 Å². The zero-order valence-electron chi connectivity index (χ0n) is 28.3. The van der Waals surface area contributed by atoms with E-state index in [4.69, 9.17) is 0 Å². The van der Waals surface area contributed by atoms with Gasteiger partial charge < -0.3 is 9.90 Å². The summed E-state index contributed by atoms with van der Waals surface area (Å²) in [6.07, 6.45) is 38.7.